The van der Waals surface area contributed by atoms with E-state index in [9.17, 15) is 22.0 Å². The van der Waals surface area contributed by atoms with Crippen LogP contribution in [-0.2, 0) is 35.2 Å². The van der Waals surface area contributed by atoms with Gasteiger partial charge < -0.3 is 0 Å². The number of rotatable bonds is 5. The van der Waals surface area contributed by atoms with Gasteiger partial charge in [-0.15, -0.1) is 0 Å². The van der Waals surface area contributed by atoms with E-state index in [1.807, 2.05) is 123 Å². The smallest absolute Gasteiger partial charge is 0.207 e. The summed E-state index contributed by atoms with van der Waals surface area (Å²) in [5.41, 5.74) is 36.5. The van der Waals surface area contributed by atoms with Crippen LogP contribution in [0.3, 0.4) is 0 Å². The lowest BCUT2D eigenvalue weighted by Gasteiger charge is -2.11. The molecule has 0 radical (unpaired) electrons. The van der Waals surface area contributed by atoms with Crippen molar-refractivity contribution in [3.63, 3.8) is 0 Å². The second-order valence-corrected chi connectivity index (χ2v) is 29.9. The Morgan fingerprint density at radius 1 is 0.194 bits per heavy atom. The highest BCUT2D eigenvalue weighted by molar-refractivity contribution is 5.85. The second kappa shape index (κ2) is 31.8. The number of hydrogen-bond acceptors (Lipinski definition) is 0. The van der Waals surface area contributed by atoms with E-state index in [4.69, 9.17) is 0 Å². The fraction of sp³-hybridized carbons (Fsp3) is 0.235. The third kappa shape index (κ3) is 15.7. The number of aryl methyl sites for hydroxylation is 21. The van der Waals surface area contributed by atoms with Crippen LogP contribution >= 0.6 is 0 Å². The van der Waals surface area contributed by atoms with Gasteiger partial charge in [0.2, 0.25) is 56.1 Å². The van der Waals surface area contributed by atoms with Crippen molar-refractivity contribution in [3.8, 4) is 56.3 Å². The van der Waals surface area contributed by atoms with E-state index in [0.29, 0.717) is 27.8 Å². The number of pyridine rings is 5. The summed E-state index contributed by atoms with van der Waals surface area (Å²) in [5, 5.41) is 4.76. The third-order valence-electron chi connectivity index (χ3n) is 22.0. The van der Waals surface area contributed by atoms with Gasteiger partial charge >= 0.3 is 0 Å². The van der Waals surface area contributed by atoms with E-state index >= 15 is 0 Å². The van der Waals surface area contributed by atoms with Gasteiger partial charge in [0.1, 0.15) is 64.3 Å². The van der Waals surface area contributed by atoms with Crippen molar-refractivity contribution in [1.29, 1.82) is 0 Å². The number of fused-ring (bicyclic) bond motifs is 5. The molecule has 0 amide bonds. The summed E-state index contributed by atoms with van der Waals surface area (Å²) in [6, 6.07) is 64.6. The minimum atomic E-state index is -0.151. The lowest BCUT2D eigenvalue weighted by Crippen LogP contribution is -2.32. The average Bonchev–Trinajstić information content (AvgIpc) is 0.781. The monoisotopic (exact) mass is 1440 g/mol. The number of hydrogen-bond donors (Lipinski definition) is 0. The zero-order valence-electron chi connectivity index (χ0n) is 67.1. The van der Waals surface area contributed by atoms with Crippen molar-refractivity contribution in [1.82, 2.24) is 0 Å². The zero-order chi connectivity index (χ0) is 78.3. The van der Waals surface area contributed by atoms with E-state index in [-0.39, 0.29) is 29.1 Å². The van der Waals surface area contributed by atoms with Gasteiger partial charge in [0.25, 0.3) is 0 Å². The Labute approximate surface area is 635 Å². The molecular weight excluding hydrogens is 1340 g/mol. The molecule has 108 heavy (non-hydrogen) atoms. The summed E-state index contributed by atoms with van der Waals surface area (Å²) >= 11 is 0. The lowest BCUT2D eigenvalue weighted by atomic mass is 9.96. The standard InChI is InChI=1S/3C20H21FN.2C19H19FN/c1-12-10-13(2)14(3)17(11-12)20-8-6-16-15(4)18(21)7-9-19(16)22(20)5;1-12-8-13(2)15(4)17(9-12)19-7-6-16-11-18(21)14(3)10-20(16)22(19)5;1-12-6-7-13(2)17(10-12)18-9-8-16-15(4)20(21)14(3)11-19(16)22(18)5;1-12-5-6-13(2)16(11-12)19-9-7-15-14(3)17(20)8-10-18(15)21(19)4;1-12-5-6-13(2)16(9-12)18-8-7-15-11-17(20)14(3)10-19(15)21(18)4/h3*6-11H,1-5H3;2*5-11H,1-4H3/q5*+1. The van der Waals surface area contributed by atoms with E-state index in [1.165, 1.54) is 94.6 Å². The Morgan fingerprint density at radius 2 is 0.491 bits per heavy atom. The molecule has 0 atom stereocenters. The van der Waals surface area contributed by atoms with Crippen LogP contribution in [-0.4, -0.2) is 0 Å². The predicted molar refractivity (Wildman–Crippen MR) is 438 cm³/mol. The molecule has 5 heterocycles. The molecule has 0 aliphatic rings. The van der Waals surface area contributed by atoms with Crippen LogP contribution in [0.15, 0.2) is 194 Å². The van der Waals surface area contributed by atoms with Gasteiger partial charge in [-0.3, -0.25) is 0 Å². The molecule has 0 saturated heterocycles. The minimum absolute atomic E-state index is 0.105. The number of aromatic nitrogens is 5. The Balaban J connectivity index is 0.000000134. The molecule has 0 unspecified atom stereocenters. The molecule has 548 valence electrons. The Kier molecular flexibility index (Phi) is 22.9. The van der Waals surface area contributed by atoms with Crippen LogP contribution in [0.5, 0.6) is 0 Å². The largest absolute Gasteiger partial charge is 0.213 e. The van der Waals surface area contributed by atoms with Crippen LogP contribution in [0, 0.1) is 154 Å². The fourth-order valence-electron chi connectivity index (χ4n) is 15.1. The summed E-state index contributed by atoms with van der Waals surface area (Å²) in [4.78, 5) is 0. The number of halogens is 5. The van der Waals surface area contributed by atoms with Gasteiger partial charge in [-0.2, -0.15) is 22.8 Å². The van der Waals surface area contributed by atoms with Crippen LogP contribution < -0.4 is 22.8 Å². The summed E-state index contributed by atoms with van der Waals surface area (Å²) in [7, 11) is 10.2. The molecule has 0 aliphatic carbocycles. The highest BCUT2D eigenvalue weighted by atomic mass is 19.1. The molecule has 5 aromatic heterocycles. The van der Waals surface area contributed by atoms with Gasteiger partial charge in [0.05, 0.1) is 16.2 Å². The summed E-state index contributed by atoms with van der Waals surface area (Å²) in [5.74, 6) is -0.707. The van der Waals surface area contributed by atoms with Crippen LogP contribution in [0.2, 0.25) is 0 Å². The molecule has 0 spiro atoms. The Morgan fingerprint density at radius 3 is 0.852 bits per heavy atom. The van der Waals surface area contributed by atoms with E-state index in [1.54, 1.807) is 31.2 Å². The molecular formula is C98H101F5N5+5. The third-order valence-corrected chi connectivity index (χ3v) is 22.0. The topological polar surface area (TPSA) is 19.4 Å². The van der Waals surface area contributed by atoms with Crippen molar-refractivity contribution in [2.24, 2.45) is 35.2 Å². The quantitative estimate of drug-likeness (QED) is 0.121. The maximum Gasteiger partial charge on any atom is 0.213 e. The fourth-order valence-corrected chi connectivity index (χ4v) is 15.1. The van der Waals surface area contributed by atoms with Crippen molar-refractivity contribution >= 4 is 54.5 Å². The first-order valence-electron chi connectivity index (χ1n) is 37.0. The molecule has 0 saturated carbocycles. The Hall–Kier alpha value is -11.1. The highest BCUT2D eigenvalue weighted by Crippen LogP contribution is 2.33. The van der Waals surface area contributed by atoms with Crippen molar-refractivity contribution < 1.29 is 44.8 Å². The van der Waals surface area contributed by atoms with Crippen molar-refractivity contribution in [2.75, 3.05) is 0 Å². The normalized spacial score (nSPS) is 11.1. The summed E-state index contributed by atoms with van der Waals surface area (Å²) < 4.78 is 79.8. The average molecular weight is 1440 g/mol. The molecule has 5 nitrogen and oxygen atoms in total. The first kappa shape index (κ1) is 78.0. The number of benzene rings is 10. The highest BCUT2D eigenvalue weighted by Gasteiger charge is 2.25. The van der Waals surface area contributed by atoms with Gasteiger partial charge in [0, 0.05) is 99.3 Å². The zero-order valence-corrected chi connectivity index (χ0v) is 67.1. The molecule has 0 fully saturated rings. The van der Waals surface area contributed by atoms with Gasteiger partial charge in [-0.05, 0) is 282 Å². The molecule has 15 rings (SSSR count). The van der Waals surface area contributed by atoms with Crippen LogP contribution in [0.4, 0.5) is 22.0 Å². The maximum atomic E-state index is 14.1. The SMILES string of the molecule is Cc1cc(C)c(C)c(-c2ccc3c(C)c(F)ccc3[n+]2C)c1.Cc1cc(C)c(C)c(-c2ccc3cc(F)c(C)cc3[n+]2C)c1.Cc1ccc(C)c(-c2ccc3c(C)c(F)c(C)cc3[n+]2C)c1.Cc1ccc(C)c(-c2ccc3c(C)c(F)ccc3[n+]2C)c1.Cc1ccc(C)c(-c2ccc3cc(F)c(C)cc3[n+]2C)c1. The molecule has 10 aromatic carbocycles. The van der Waals surface area contributed by atoms with Crippen LogP contribution in [0.25, 0.3) is 111 Å². The number of nitrogens with zero attached hydrogens (tertiary/aromatic N) is 5. The predicted octanol–water partition coefficient (Wildman–Crippen LogP) is 22.9. The summed E-state index contributed by atoms with van der Waals surface area (Å²) in [6.45, 7) is 36.5. The van der Waals surface area contributed by atoms with E-state index in [2.05, 4.69) is 222 Å². The van der Waals surface area contributed by atoms with E-state index in [0.717, 1.165) is 88.5 Å². The second-order valence-electron chi connectivity index (χ2n) is 29.9. The van der Waals surface area contributed by atoms with E-state index < -0.39 is 0 Å². The van der Waals surface area contributed by atoms with Gasteiger partial charge in [0.15, 0.2) is 0 Å². The van der Waals surface area contributed by atoms with Crippen molar-refractivity contribution in [2.45, 2.75) is 125 Å². The minimum Gasteiger partial charge on any atom is -0.207 e. The maximum absolute atomic E-state index is 14.1. The Bertz CT molecular complexity index is 5970. The van der Waals surface area contributed by atoms with Crippen molar-refractivity contribution in [3.05, 3.63) is 323 Å². The molecule has 0 aliphatic heterocycles. The molecule has 10 heteroatoms. The van der Waals surface area contributed by atoms with Crippen LogP contribution in [0.1, 0.15) is 100 Å². The lowest BCUT2D eigenvalue weighted by molar-refractivity contribution is -0.633. The molecule has 0 N–H and O–H groups in total. The summed E-state index contributed by atoms with van der Waals surface area (Å²) in [6.07, 6.45) is 0. The molecule has 0 bridgehead atoms. The first-order valence-corrected chi connectivity index (χ1v) is 37.0. The van der Waals surface area contributed by atoms with Gasteiger partial charge in [-0.25, -0.2) is 22.0 Å². The molecule has 15 aromatic rings. The van der Waals surface area contributed by atoms with Gasteiger partial charge in [-0.1, -0.05) is 76.3 Å². The first-order chi connectivity index (χ1) is 51.1.